The molecule has 1 heterocycles. The molecule has 0 atom stereocenters. The lowest BCUT2D eigenvalue weighted by Crippen LogP contribution is -2.32. The molecule has 0 aliphatic carbocycles. The van der Waals surface area contributed by atoms with E-state index in [1.54, 1.807) is 36.3 Å². The molecule has 0 aromatic heterocycles. The fourth-order valence-electron chi connectivity index (χ4n) is 3.39. The summed E-state index contributed by atoms with van der Waals surface area (Å²) < 4.78 is 11.1. The first-order valence-electron chi connectivity index (χ1n) is 9.98. The number of hydrogen-bond acceptors (Lipinski definition) is 4. The molecule has 0 saturated carbocycles. The first-order valence-corrected chi connectivity index (χ1v) is 10.7. The Balaban J connectivity index is 1.83. The van der Waals surface area contributed by atoms with E-state index in [4.69, 9.17) is 32.7 Å². The fraction of sp³-hybridized carbons (Fsp3) is 0.120. The summed E-state index contributed by atoms with van der Waals surface area (Å²) in [5, 5.41) is 0.954. The van der Waals surface area contributed by atoms with Crippen LogP contribution in [0.2, 0.25) is 10.0 Å². The van der Waals surface area contributed by atoms with Gasteiger partial charge in [-0.2, -0.15) is 0 Å². The average molecular weight is 467 g/mol. The van der Waals surface area contributed by atoms with Crippen molar-refractivity contribution in [3.05, 3.63) is 93.6 Å². The van der Waals surface area contributed by atoms with E-state index in [0.29, 0.717) is 45.1 Å². The van der Waals surface area contributed by atoms with Crippen molar-refractivity contribution >= 4 is 46.7 Å². The van der Waals surface area contributed by atoms with Crippen molar-refractivity contribution in [1.29, 1.82) is 0 Å². The molecule has 1 aliphatic heterocycles. The van der Waals surface area contributed by atoms with E-state index in [9.17, 15) is 4.79 Å². The zero-order chi connectivity index (χ0) is 22.7. The normalized spacial score (nSPS) is 14.6. The number of rotatable bonds is 6. The van der Waals surface area contributed by atoms with Crippen LogP contribution < -0.4 is 14.4 Å². The summed E-state index contributed by atoms with van der Waals surface area (Å²) in [6, 6.07) is 19.8. The standard InChI is InChI=1S/C25H20Cl2N2O3/c1-3-32-19-12-10-18(11-13-19)29-24(20-6-4-5-7-23(20)31-2)28-22(25(29)30)14-16-8-9-17(26)15-21(16)27/h4-15H,3H2,1-2H3/b22-14+. The number of nitrogens with zero attached hydrogens (tertiary/aromatic N) is 2. The highest BCUT2D eigenvalue weighted by Gasteiger charge is 2.34. The Morgan fingerprint density at radius 3 is 2.47 bits per heavy atom. The molecule has 1 aliphatic rings. The molecule has 0 unspecified atom stereocenters. The van der Waals surface area contributed by atoms with Gasteiger partial charge in [0.15, 0.2) is 5.84 Å². The van der Waals surface area contributed by atoms with Crippen molar-refractivity contribution < 1.29 is 14.3 Å². The quantitative estimate of drug-likeness (QED) is 0.404. The number of anilines is 1. The maximum Gasteiger partial charge on any atom is 0.282 e. The number of hydrogen-bond donors (Lipinski definition) is 0. The highest BCUT2D eigenvalue weighted by Crippen LogP contribution is 2.33. The average Bonchev–Trinajstić information content (AvgIpc) is 3.12. The lowest BCUT2D eigenvalue weighted by molar-refractivity contribution is -0.113. The minimum atomic E-state index is -0.277. The van der Waals surface area contributed by atoms with Crippen LogP contribution in [0, 0.1) is 0 Å². The zero-order valence-electron chi connectivity index (χ0n) is 17.5. The van der Waals surface area contributed by atoms with Gasteiger partial charge >= 0.3 is 0 Å². The summed E-state index contributed by atoms with van der Waals surface area (Å²) in [5.41, 5.74) is 2.26. The summed E-state index contributed by atoms with van der Waals surface area (Å²) in [6.45, 7) is 2.48. The van der Waals surface area contributed by atoms with Crippen molar-refractivity contribution in [3.8, 4) is 11.5 Å². The molecule has 5 nitrogen and oxygen atoms in total. The third kappa shape index (κ3) is 4.35. The predicted octanol–water partition coefficient (Wildman–Crippen LogP) is 6.24. The van der Waals surface area contributed by atoms with Crippen molar-refractivity contribution in [2.75, 3.05) is 18.6 Å². The molecule has 32 heavy (non-hydrogen) atoms. The molecule has 162 valence electrons. The smallest absolute Gasteiger partial charge is 0.282 e. The van der Waals surface area contributed by atoms with Crippen LogP contribution in [0.25, 0.3) is 6.08 Å². The van der Waals surface area contributed by atoms with Crippen LogP contribution >= 0.6 is 23.2 Å². The molecule has 0 saturated heterocycles. The second kappa shape index (κ2) is 9.47. The molecule has 0 fully saturated rings. The van der Waals surface area contributed by atoms with Crippen molar-refractivity contribution in [1.82, 2.24) is 0 Å². The van der Waals surface area contributed by atoms with E-state index in [1.165, 1.54) is 0 Å². The molecule has 1 amide bonds. The van der Waals surface area contributed by atoms with Crippen LogP contribution in [0.4, 0.5) is 5.69 Å². The molecule has 3 aromatic carbocycles. The van der Waals surface area contributed by atoms with Gasteiger partial charge < -0.3 is 9.47 Å². The van der Waals surface area contributed by atoms with E-state index in [0.717, 1.165) is 5.75 Å². The second-order valence-electron chi connectivity index (χ2n) is 6.90. The SMILES string of the molecule is CCOc1ccc(N2C(=O)/C(=C\c3ccc(Cl)cc3Cl)N=C2c2ccccc2OC)cc1. The molecule has 3 aromatic rings. The summed E-state index contributed by atoms with van der Waals surface area (Å²) in [6.07, 6.45) is 1.66. The third-order valence-electron chi connectivity index (χ3n) is 4.87. The second-order valence-corrected chi connectivity index (χ2v) is 7.74. The Morgan fingerprint density at radius 2 is 1.78 bits per heavy atom. The van der Waals surface area contributed by atoms with Crippen molar-refractivity contribution in [3.63, 3.8) is 0 Å². The van der Waals surface area contributed by atoms with Crippen molar-refractivity contribution in [2.24, 2.45) is 4.99 Å². The van der Waals surface area contributed by atoms with Crippen molar-refractivity contribution in [2.45, 2.75) is 6.92 Å². The van der Waals surface area contributed by atoms with E-state index in [-0.39, 0.29) is 11.6 Å². The third-order valence-corrected chi connectivity index (χ3v) is 5.43. The number of halogens is 2. The highest BCUT2D eigenvalue weighted by atomic mass is 35.5. The van der Waals surface area contributed by atoms with Gasteiger partial charge in [0.2, 0.25) is 0 Å². The van der Waals surface area contributed by atoms with Gasteiger partial charge in [-0.3, -0.25) is 9.69 Å². The van der Waals surface area contributed by atoms with Gasteiger partial charge in [-0.25, -0.2) is 4.99 Å². The first-order chi connectivity index (χ1) is 15.5. The monoisotopic (exact) mass is 466 g/mol. The van der Waals surface area contributed by atoms with Crippen LogP contribution in [-0.2, 0) is 4.79 Å². The minimum Gasteiger partial charge on any atom is -0.496 e. The molecule has 0 bridgehead atoms. The maximum atomic E-state index is 13.5. The summed E-state index contributed by atoms with van der Waals surface area (Å²) in [4.78, 5) is 19.7. The summed E-state index contributed by atoms with van der Waals surface area (Å²) >= 11 is 12.3. The topological polar surface area (TPSA) is 51.1 Å². The number of carbonyl (C=O) groups is 1. The number of benzene rings is 3. The van der Waals surface area contributed by atoms with Crippen LogP contribution in [0.5, 0.6) is 11.5 Å². The molecule has 4 rings (SSSR count). The summed E-state index contributed by atoms with van der Waals surface area (Å²) in [5.74, 6) is 1.53. The minimum absolute atomic E-state index is 0.254. The Kier molecular flexibility index (Phi) is 6.49. The molecule has 0 spiro atoms. The number of amidine groups is 1. The van der Waals surface area contributed by atoms with Gasteiger partial charge in [-0.15, -0.1) is 0 Å². The van der Waals surface area contributed by atoms with E-state index >= 15 is 0 Å². The highest BCUT2D eigenvalue weighted by molar-refractivity contribution is 6.36. The van der Waals surface area contributed by atoms with Gasteiger partial charge in [0, 0.05) is 10.0 Å². The molecular weight excluding hydrogens is 447 g/mol. The Bertz CT molecular complexity index is 1220. The molecule has 0 radical (unpaired) electrons. The van der Waals surface area contributed by atoms with Crippen LogP contribution in [0.3, 0.4) is 0 Å². The Labute approximate surface area is 196 Å². The van der Waals surface area contributed by atoms with Gasteiger partial charge in [0.25, 0.3) is 5.91 Å². The fourth-order valence-corrected chi connectivity index (χ4v) is 3.85. The van der Waals surface area contributed by atoms with Gasteiger partial charge in [0.1, 0.15) is 17.2 Å². The maximum absolute atomic E-state index is 13.5. The zero-order valence-corrected chi connectivity index (χ0v) is 19.0. The first kappa shape index (κ1) is 21.9. The lowest BCUT2D eigenvalue weighted by atomic mass is 10.1. The molecule has 0 N–H and O–H groups in total. The number of para-hydroxylation sites is 1. The largest absolute Gasteiger partial charge is 0.496 e. The number of aliphatic imine (C=N–C) groups is 1. The van der Waals surface area contributed by atoms with Gasteiger partial charge in [-0.05, 0) is 67.1 Å². The predicted molar refractivity (Wildman–Crippen MR) is 129 cm³/mol. The number of ether oxygens (including phenoxy) is 2. The Morgan fingerprint density at radius 1 is 1.03 bits per heavy atom. The van der Waals surface area contributed by atoms with Crippen LogP contribution in [-0.4, -0.2) is 25.5 Å². The van der Waals surface area contributed by atoms with Gasteiger partial charge in [-0.1, -0.05) is 41.4 Å². The van der Waals surface area contributed by atoms with Gasteiger partial charge in [0.05, 0.1) is 25.0 Å². The van der Waals surface area contributed by atoms with E-state index in [2.05, 4.69) is 4.99 Å². The van der Waals surface area contributed by atoms with Crippen LogP contribution in [0.1, 0.15) is 18.1 Å². The molecular formula is C25H20Cl2N2O3. The number of amides is 1. The number of carbonyl (C=O) groups excluding carboxylic acids is 1. The summed E-state index contributed by atoms with van der Waals surface area (Å²) in [7, 11) is 1.58. The van der Waals surface area contributed by atoms with E-state index in [1.807, 2.05) is 55.5 Å². The number of methoxy groups -OCH3 is 1. The van der Waals surface area contributed by atoms with E-state index < -0.39 is 0 Å². The Hall–Kier alpha value is -3.28. The lowest BCUT2D eigenvalue weighted by Gasteiger charge is -2.20. The molecule has 7 heteroatoms. The van der Waals surface area contributed by atoms with Crippen LogP contribution in [0.15, 0.2) is 77.4 Å².